The van der Waals surface area contributed by atoms with Crippen molar-refractivity contribution in [1.82, 2.24) is 5.32 Å². The highest BCUT2D eigenvalue weighted by molar-refractivity contribution is 6.30. The van der Waals surface area contributed by atoms with Gasteiger partial charge in [-0.25, -0.2) is 0 Å². The van der Waals surface area contributed by atoms with E-state index in [0.717, 1.165) is 29.3 Å². The molecule has 3 rings (SSSR count). The lowest BCUT2D eigenvalue weighted by atomic mass is 9.93. The summed E-state index contributed by atoms with van der Waals surface area (Å²) >= 11 is 6.03. The first kappa shape index (κ1) is 12.3. The lowest BCUT2D eigenvalue weighted by Gasteiger charge is -2.22. The second-order valence-corrected chi connectivity index (χ2v) is 6.16. The first-order valence-electron chi connectivity index (χ1n) is 6.89. The number of halogens is 1. The number of rotatable bonds is 4. The fourth-order valence-corrected chi connectivity index (χ4v) is 3.55. The van der Waals surface area contributed by atoms with Gasteiger partial charge in [-0.2, -0.15) is 0 Å². The first-order valence-corrected chi connectivity index (χ1v) is 7.27. The minimum absolute atomic E-state index is 0.381. The van der Waals surface area contributed by atoms with Crippen LogP contribution in [-0.4, -0.2) is 6.54 Å². The van der Waals surface area contributed by atoms with E-state index in [2.05, 4.69) is 36.5 Å². The van der Waals surface area contributed by atoms with Gasteiger partial charge in [0.1, 0.15) is 0 Å². The molecular formula is C16H20ClN. The molecule has 1 aromatic rings. The molecule has 1 saturated carbocycles. The molecule has 4 atom stereocenters. The molecule has 0 saturated heterocycles. The van der Waals surface area contributed by atoms with Gasteiger partial charge in [-0.05, 0) is 61.8 Å². The summed E-state index contributed by atoms with van der Waals surface area (Å²) in [5.41, 5.74) is 1.28. The Balaban J connectivity index is 1.55. The van der Waals surface area contributed by atoms with Crippen molar-refractivity contribution in [3.05, 3.63) is 47.0 Å². The molecular weight excluding hydrogens is 242 g/mol. The minimum atomic E-state index is 0.381. The fraction of sp³-hybridized carbons (Fsp3) is 0.500. The summed E-state index contributed by atoms with van der Waals surface area (Å²) in [6.07, 6.45) is 7.58. The Morgan fingerprint density at radius 1 is 1.33 bits per heavy atom. The zero-order chi connectivity index (χ0) is 12.5. The Morgan fingerprint density at radius 2 is 2.22 bits per heavy atom. The molecule has 0 spiro atoms. The average molecular weight is 262 g/mol. The van der Waals surface area contributed by atoms with Crippen molar-refractivity contribution >= 4 is 11.6 Å². The summed E-state index contributed by atoms with van der Waals surface area (Å²) in [5.74, 6) is 2.53. The Bertz CT molecular complexity index is 454. The highest BCUT2D eigenvalue weighted by Gasteiger charge is 2.35. The molecule has 2 aliphatic carbocycles. The van der Waals surface area contributed by atoms with Gasteiger partial charge in [0, 0.05) is 11.1 Å². The summed E-state index contributed by atoms with van der Waals surface area (Å²) in [7, 11) is 0. The van der Waals surface area contributed by atoms with E-state index in [1.54, 1.807) is 0 Å². The maximum Gasteiger partial charge on any atom is 0.0409 e. The molecule has 1 aromatic carbocycles. The zero-order valence-corrected chi connectivity index (χ0v) is 11.5. The van der Waals surface area contributed by atoms with Crippen LogP contribution in [0.3, 0.4) is 0 Å². The maximum atomic E-state index is 6.03. The third-order valence-corrected chi connectivity index (χ3v) is 4.69. The average Bonchev–Trinajstić information content (AvgIpc) is 2.98. The van der Waals surface area contributed by atoms with Gasteiger partial charge in [-0.15, -0.1) is 0 Å². The number of benzene rings is 1. The molecule has 2 aliphatic rings. The van der Waals surface area contributed by atoms with Gasteiger partial charge in [0.15, 0.2) is 0 Å². The van der Waals surface area contributed by atoms with E-state index in [0.29, 0.717) is 6.04 Å². The molecule has 1 fully saturated rings. The van der Waals surface area contributed by atoms with E-state index in [1.165, 1.54) is 18.4 Å². The lowest BCUT2D eigenvalue weighted by Crippen LogP contribution is -2.27. The maximum absolute atomic E-state index is 6.03. The monoisotopic (exact) mass is 261 g/mol. The molecule has 18 heavy (non-hydrogen) atoms. The molecule has 2 bridgehead atoms. The first-order chi connectivity index (χ1) is 8.72. The molecule has 3 unspecified atom stereocenters. The third-order valence-electron chi connectivity index (χ3n) is 4.45. The van der Waals surface area contributed by atoms with Crippen LogP contribution in [0.15, 0.2) is 36.4 Å². The summed E-state index contributed by atoms with van der Waals surface area (Å²) in [4.78, 5) is 0. The number of fused-ring (bicyclic) bond motifs is 2. The van der Waals surface area contributed by atoms with Crippen molar-refractivity contribution in [3.63, 3.8) is 0 Å². The van der Waals surface area contributed by atoms with Crippen LogP contribution in [0.25, 0.3) is 0 Å². The third kappa shape index (κ3) is 2.48. The molecule has 0 heterocycles. The van der Waals surface area contributed by atoms with Crippen LogP contribution in [-0.2, 0) is 0 Å². The van der Waals surface area contributed by atoms with Gasteiger partial charge in [0.05, 0.1) is 0 Å². The molecule has 0 aromatic heterocycles. The van der Waals surface area contributed by atoms with Gasteiger partial charge in [-0.1, -0.05) is 35.9 Å². The number of hydrogen-bond acceptors (Lipinski definition) is 1. The molecule has 1 nitrogen and oxygen atoms in total. The largest absolute Gasteiger partial charge is 0.310 e. The van der Waals surface area contributed by atoms with Crippen molar-refractivity contribution < 1.29 is 0 Å². The Morgan fingerprint density at radius 3 is 2.89 bits per heavy atom. The fourth-order valence-electron chi connectivity index (χ4n) is 3.35. The molecule has 96 valence electrons. The molecule has 0 amide bonds. The van der Waals surface area contributed by atoms with Crippen LogP contribution in [0.5, 0.6) is 0 Å². The summed E-state index contributed by atoms with van der Waals surface area (Å²) in [6.45, 7) is 3.34. The Kier molecular flexibility index (Phi) is 3.45. The van der Waals surface area contributed by atoms with Crippen molar-refractivity contribution in [2.45, 2.75) is 25.8 Å². The van der Waals surface area contributed by atoms with Crippen LogP contribution in [0, 0.1) is 17.8 Å². The number of nitrogens with one attached hydrogen (secondary N) is 1. The van der Waals surface area contributed by atoms with Gasteiger partial charge >= 0.3 is 0 Å². The van der Waals surface area contributed by atoms with Gasteiger partial charge in [-0.3, -0.25) is 0 Å². The van der Waals surface area contributed by atoms with E-state index >= 15 is 0 Å². The molecule has 0 radical (unpaired) electrons. The SMILES string of the molecule is C[C@@H](NCC1CC2C=CC1C2)c1cccc(Cl)c1. The summed E-state index contributed by atoms with van der Waals surface area (Å²) in [6, 6.07) is 8.53. The molecule has 0 aliphatic heterocycles. The van der Waals surface area contributed by atoms with E-state index in [1.807, 2.05) is 12.1 Å². The predicted molar refractivity (Wildman–Crippen MR) is 76.7 cm³/mol. The highest BCUT2D eigenvalue weighted by atomic mass is 35.5. The van der Waals surface area contributed by atoms with Crippen molar-refractivity contribution in [2.24, 2.45) is 17.8 Å². The van der Waals surface area contributed by atoms with Crippen molar-refractivity contribution in [2.75, 3.05) is 6.54 Å². The minimum Gasteiger partial charge on any atom is -0.310 e. The quantitative estimate of drug-likeness (QED) is 0.801. The van der Waals surface area contributed by atoms with Gasteiger partial charge in [0.25, 0.3) is 0 Å². The van der Waals surface area contributed by atoms with Crippen LogP contribution >= 0.6 is 11.6 Å². The summed E-state index contributed by atoms with van der Waals surface area (Å²) in [5, 5.41) is 4.48. The van der Waals surface area contributed by atoms with Crippen LogP contribution in [0.2, 0.25) is 5.02 Å². The van der Waals surface area contributed by atoms with Crippen LogP contribution in [0.4, 0.5) is 0 Å². The van der Waals surface area contributed by atoms with Gasteiger partial charge < -0.3 is 5.32 Å². The topological polar surface area (TPSA) is 12.0 Å². The smallest absolute Gasteiger partial charge is 0.0409 e. The standard InChI is InChI=1S/C16H20ClN/c1-11(13-3-2-4-16(17)9-13)18-10-15-8-12-5-6-14(15)7-12/h2-6,9,11-12,14-15,18H,7-8,10H2,1H3/t11-,12?,14?,15?/m1/s1. The lowest BCUT2D eigenvalue weighted by molar-refractivity contribution is 0.393. The molecule has 2 heteroatoms. The van der Waals surface area contributed by atoms with Crippen molar-refractivity contribution in [1.29, 1.82) is 0 Å². The second-order valence-electron chi connectivity index (χ2n) is 5.73. The van der Waals surface area contributed by atoms with E-state index < -0.39 is 0 Å². The molecule has 1 N–H and O–H groups in total. The van der Waals surface area contributed by atoms with Crippen molar-refractivity contribution in [3.8, 4) is 0 Å². The predicted octanol–water partition coefficient (Wildman–Crippen LogP) is 4.20. The van der Waals surface area contributed by atoms with Crippen LogP contribution in [0.1, 0.15) is 31.4 Å². The Hall–Kier alpha value is -0.790. The van der Waals surface area contributed by atoms with Crippen LogP contribution < -0.4 is 5.32 Å². The van der Waals surface area contributed by atoms with Gasteiger partial charge in [0.2, 0.25) is 0 Å². The van der Waals surface area contributed by atoms with E-state index in [-0.39, 0.29) is 0 Å². The van der Waals surface area contributed by atoms with E-state index in [4.69, 9.17) is 11.6 Å². The second kappa shape index (κ2) is 5.07. The number of hydrogen-bond donors (Lipinski definition) is 1. The number of allylic oxidation sites excluding steroid dienone is 2. The summed E-state index contributed by atoms with van der Waals surface area (Å²) < 4.78 is 0. The highest BCUT2D eigenvalue weighted by Crippen LogP contribution is 2.43. The van der Waals surface area contributed by atoms with E-state index in [9.17, 15) is 0 Å². The zero-order valence-electron chi connectivity index (χ0n) is 10.8. The normalized spacial score (nSPS) is 30.9. The Labute approximate surface area is 114 Å².